The lowest BCUT2D eigenvalue weighted by atomic mass is 9.92. The normalized spacial score (nSPS) is 21.4. The first-order valence-corrected chi connectivity index (χ1v) is 6.22. The van der Waals surface area contributed by atoms with Gasteiger partial charge in [0, 0.05) is 6.04 Å². The molecule has 1 nitrogen and oxygen atoms in total. The van der Waals surface area contributed by atoms with Gasteiger partial charge >= 0.3 is 0 Å². The SMILES string of the molecule is C[C@H](NCCC(C)(C)C)C1CCCC1. The van der Waals surface area contributed by atoms with E-state index >= 15 is 0 Å². The van der Waals surface area contributed by atoms with E-state index in [0.717, 1.165) is 12.0 Å². The van der Waals surface area contributed by atoms with Crippen LogP contribution in [0.15, 0.2) is 0 Å². The van der Waals surface area contributed by atoms with E-state index < -0.39 is 0 Å². The molecule has 1 rings (SSSR count). The van der Waals surface area contributed by atoms with E-state index in [2.05, 4.69) is 33.0 Å². The molecule has 0 radical (unpaired) electrons. The van der Waals surface area contributed by atoms with Gasteiger partial charge in [-0.25, -0.2) is 0 Å². The van der Waals surface area contributed by atoms with Gasteiger partial charge < -0.3 is 5.32 Å². The molecule has 1 N–H and O–H groups in total. The van der Waals surface area contributed by atoms with Gasteiger partial charge in [0.05, 0.1) is 0 Å². The Morgan fingerprint density at radius 2 is 1.79 bits per heavy atom. The number of rotatable bonds is 4. The third-order valence-electron chi connectivity index (χ3n) is 3.45. The van der Waals surface area contributed by atoms with Crippen molar-refractivity contribution >= 4 is 0 Å². The van der Waals surface area contributed by atoms with Crippen LogP contribution in [0.4, 0.5) is 0 Å². The van der Waals surface area contributed by atoms with Crippen LogP contribution < -0.4 is 5.32 Å². The molecule has 1 aliphatic rings. The van der Waals surface area contributed by atoms with Crippen molar-refractivity contribution in [2.45, 2.75) is 65.8 Å². The van der Waals surface area contributed by atoms with Crippen LogP contribution in [0, 0.1) is 11.3 Å². The molecule has 1 fully saturated rings. The fourth-order valence-electron chi connectivity index (χ4n) is 2.30. The Kier molecular flexibility index (Phi) is 4.43. The Balaban J connectivity index is 2.11. The predicted molar refractivity (Wildman–Crippen MR) is 63.5 cm³/mol. The van der Waals surface area contributed by atoms with Crippen molar-refractivity contribution in [2.75, 3.05) is 6.54 Å². The maximum absolute atomic E-state index is 3.68. The standard InChI is InChI=1S/C13H27N/c1-11(12-7-5-6-8-12)14-10-9-13(2,3)4/h11-12,14H,5-10H2,1-4H3/t11-/m0/s1. The molecule has 0 spiro atoms. The zero-order valence-corrected chi connectivity index (χ0v) is 10.4. The van der Waals surface area contributed by atoms with E-state index in [0.29, 0.717) is 5.41 Å². The third kappa shape index (κ3) is 4.45. The van der Waals surface area contributed by atoms with Gasteiger partial charge in [0.2, 0.25) is 0 Å². The van der Waals surface area contributed by atoms with E-state index in [1.165, 1.54) is 38.6 Å². The molecule has 84 valence electrons. The number of hydrogen-bond donors (Lipinski definition) is 1. The maximum atomic E-state index is 3.68. The molecule has 0 amide bonds. The highest BCUT2D eigenvalue weighted by Gasteiger charge is 2.21. The Hall–Kier alpha value is -0.0400. The second kappa shape index (κ2) is 5.16. The van der Waals surface area contributed by atoms with Gasteiger partial charge in [-0.3, -0.25) is 0 Å². The van der Waals surface area contributed by atoms with Crippen molar-refractivity contribution in [3.8, 4) is 0 Å². The summed E-state index contributed by atoms with van der Waals surface area (Å²) in [4.78, 5) is 0. The highest BCUT2D eigenvalue weighted by molar-refractivity contribution is 4.77. The van der Waals surface area contributed by atoms with Crippen LogP contribution in [0.1, 0.15) is 59.8 Å². The molecule has 0 aromatic rings. The monoisotopic (exact) mass is 197 g/mol. The van der Waals surface area contributed by atoms with Crippen molar-refractivity contribution in [2.24, 2.45) is 11.3 Å². The zero-order chi connectivity index (χ0) is 10.6. The molecule has 0 saturated heterocycles. The van der Waals surface area contributed by atoms with Gasteiger partial charge in [-0.05, 0) is 44.1 Å². The molecule has 14 heavy (non-hydrogen) atoms. The highest BCUT2D eigenvalue weighted by Crippen LogP contribution is 2.27. The maximum Gasteiger partial charge on any atom is 0.00670 e. The van der Waals surface area contributed by atoms with Crippen molar-refractivity contribution < 1.29 is 0 Å². The van der Waals surface area contributed by atoms with Crippen LogP contribution in [-0.2, 0) is 0 Å². The van der Waals surface area contributed by atoms with Crippen LogP contribution in [0.25, 0.3) is 0 Å². The third-order valence-corrected chi connectivity index (χ3v) is 3.45. The lowest BCUT2D eigenvalue weighted by molar-refractivity contribution is 0.325. The largest absolute Gasteiger partial charge is 0.314 e. The summed E-state index contributed by atoms with van der Waals surface area (Å²) in [6.45, 7) is 10.5. The molecule has 1 aliphatic carbocycles. The number of hydrogen-bond acceptors (Lipinski definition) is 1. The van der Waals surface area contributed by atoms with Gasteiger partial charge in [0.25, 0.3) is 0 Å². The smallest absolute Gasteiger partial charge is 0.00670 e. The minimum atomic E-state index is 0.475. The van der Waals surface area contributed by atoms with E-state index in [-0.39, 0.29) is 0 Å². The quantitative estimate of drug-likeness (QED) is 0.726. The van der Waals surface area contributed by atoms with Crippen LogP contribution >= 0.6 is 0 Å². The summed E-state index contributed by atoms with van der Waals surface area (Å²) in [5, 5.41) is 3.68. The first-order chi connectivity index (χ1) is 6.49. The van der Waals surface area contributed by atoms with Crippen LogP contribution in [0.3, 0.4) is 0 Å². The van der Waals surface area contributed by atoms with Gasteiger partial charge in [0.15, 0.2) is 0 Å². The van der Waals surface area contributed by atoms with Crippen molar-refractivity contribution in [3.63, 3.8) is 0 Å². The van der Waals surface area contributed by atoms with Gasteiger partial charge in [0.1, 0.15) is 0 Å². The van der Waals surface area contributed by atoms with Gasteiger partial charge in [-0.15, -0.1) is 0 Å². The van der Waals surface area contributed by atoms with Crippen LogP contribution in [0.2, 0.25) is 0 Å². The Morgan fingerprint density at radius 3 is 2.29 bits per heavy atom. The van der Waals surface area contributed by atoms with E-state index in [9.17, 15) is 0 Å². The second-order valence-corrected chi connectivity index (χ2v) is 6.10. The summed E-state index contributed by atoms with van der Waals surface area (Å²) in [7, 11) is 0. The van der Waals surface area contributed by atoms with Gasteiger partial charge in [-0.1, -0.05) is 33.6 Å². The van der Waals surface area contributed by atoms with Crippen LogP contribution in [0.5, 0.6) is 0 Å². The molecular weight excluding hydrogens is 170 g/mol. The van der Waals surface area contributed by atoms with E-state index in [4.69, 9.17) is 0 Å². The van der Waals surface area contributed by atoms with Crippen molar-refractivity contribution in [1.29, 1.82) is 0 Å². The topological polar surface area (TPSA) is 12.0 Å². The summed E-state index contributed by atoms with van der Waals surface area (Å²) in [6, 6.07) is 0.736. The first-order valence-electron chi connectivity index (χ1n) is 6.22. The molecule has 0 aromatic heterocycles. The summed E-state index contributed by atoms with van der Waals surface area (Å²) in [5.74, 6) is 0.954. The summed E-state index contributed by atoms with van der Waals surface area (Å²) < 4.78 is 0. The molecule has 1 saturated carbocycles. The summed E-state index contributed by atoms with van der Waals surface area (Å²) >= 11 is 0. The molecule has 0 aromatic carbocycles. The average molecular weight is 197 g/mol. The molecule has 0 aliphatic heterocycles. The first kappa shape index (κ1) is 12.0. The lowest BCUT2D eigenvalue weighted by Gasteiger charge is -2.23. The Morgan fingerprint density at radius 1 is 1.21 bits per heavy atom. The fraction of sp³-hybridized carbons (Fsp3) is 1.00. The van der Waals surface area contributed by atoms with Crippen LogP contribution in [-0.4, -0.2) is 12.6 Å². The molecule has 0 heterocycles. The second-order valence-electron chi connectivity index (χ2n) is 6.10. The fourth-order valence-corrected chi connectivity index (χ4v) is 2.30. The molecule has 1 heteroatoms. The molecule has 0 bridgehead atoms. The summed E-state index contributed by atoms with van der Waals surface area (Å²) in [5.41, 5.74) is 0.475. The zero-order valence-electron chi connectivity index (χ0n) is 10.4. The van der Waals surface area contributed by atoms with Gasteiger partial charge in [-0.2, -0.15) is 0 Å². The molecule has 0 unspecified atom stereocenters. The van der Waals surface area contributed by atoms with Crippen molar-refractivity contribution in [3.05, 3.63) is 0 Å². The summed E-state index contributed by atoms with van der Waals surface area (Å²) in [6.07, 6.45) is 7.09. The Labute approximate surface area is 89.7 Å². The average Bonchev–Trinajstić information content (AvgIpc) is 2.53. The van der Waals surface area contributed by atoms with E-state index in [1.54, 1.807) is 0 Å². The predicted octanol–water partition coefficient (Wildman–Crippen LogP) is 3.59. The minimum absolute atomic E-state index is 0.475. The highest BCUT2D eigenvalue weighted by atomic mass is 14.9. The van der Waals surface area contributed by atoms with E-state index in [1.807, 2.05) is 0 Å². The Bertz CT molecular complexity index is 151. The lowest BCUT2D eigenvalue weighted by Crippen LogP contribution is -2.34. The minimum Gasteiger partial charge on any atom is -0.314 e. The van der Waals surface area contributed by atoms with Crippen molar-refractivity contribution in [1.82, 2.24) is 5.32 Å². The molecular formula is C13H27N. The number of nitrogens with one attached hydrogen (secondary N) is 1. The molecule has 1 atom stereocenters.